The van der Waals surface area contributed by atoms with Crippen molar-refractivity contribution in [3.05, 3.63) is 11.4 Å². The maximum Gasteiger partial charge on any atom is 0.437 e. The minimum atomic E-state index is -4.97. The van der Waals surface area contributed by atoms with Gasteiger partial charge in [-0.1, -0.05) is 5.16 Å². The van der Waals surface area contributed by atoms with Gasteiger partial charge in [-0.25, -0.2) is 4.39 Å². The Morgan fingerprint density at radius 2 is 2.00 bits per heavy atom. The van der Waals surface area contributed by atoms with Gasteiger partial charge in [-0.15, -0.1) is 15.7 Å². The lowest BCUT2D eigenvalue weighted by atomic mass is 10.3. The summed E-state index contributed by atoms with van der Waals surface area (Å²) < 4.78 is 72.3. The van der Waals surface area contributed by atoms with Crippen LogP contribution in [0, 0.1) is 0 Å². The Morgan fingerprint density at radius 3 is 2.48 bits per heavy atom. The van der Waals surface area contributed by atoms with Gasteiger partial charge in [0.25, 0.3) is 0 Å². The van der Waals surface area contributed by atoms with Crippen molar-refractivity contribution in [3.8, 4) is 0 Å². The van der Waals surface area contributed by atoms with E-state index >= 15 is 0 Å². The van der Waals surface area contributed by atoms with Crippen LogP contribution in [0.2, 0.25) is 0 Å². The highest BCUT2D eigenvalue weighted by molar-refractivity contribution is 8.36. The van der Waals surface area contributed by atoms with Crippen molar-refractivity contribution >= 4 is 15.6 Å². The summed E-state index contributed by atoms with van der Waals surface area (Å²) in [5, 5.41) is 9.15. The quantitative estimate of drug-likeness (QED) is 0.812. The molecule has 0 bridgehead atoms. The van der Waals surface area contributed by atoms with Crippen LogP contribution in [0.15, 0.2) is 5.16 Å². The van der Waals surface area contributed by atoms with Crippen molar-refractivity contribution in [1.29, 1.82) is 0 Å². The SMILES string of the molecule is CC1CC(S(O)(O)C(F)c2nn(C)nc2C(F)(F)F)=NO1. The fourth-order valence-electron chi connectivity index (χ4n) is 1.70. The van der Waals surface area contributed by atoms with Crippen LogP contribution in [-0.2, 0) is 18.1 Å². The summed E-state index contributed by atoms with van der Waals surface area (Å²) >= 11 is 0. The predicted molar refractivity (Wildman–Crippen MR) is 65.3 cm³/mol. The van der Waals surface area contributed by atoms with Gasteiger partial charge in [0.2, 0.25) is 5.50 Å². The molecule has 2 atom stereocenters. The molecule has 0 amide bonds. The molecule has 2 heterocycles. The molecule has 120 valence electrons. The molecule has 0 radical (unpaired) electrons. The van der Waals surface area contributed by atoms with Crippen molar-refractivity contribution in [3.63, 3.8) is 0 Å². The molecule has 1 aromatic heterocycles. The second-order valence-corrected chi connectivity index (χ2v) is 6.51. The first kappa shape index (κ1) is 16.0. The monoisotopic (exact) mass is 332 g/mol. The van der Waals surface area contributed by atoms with Gasteiger partial charge >= 0.3 is 6.18 Å². The minimum Gasteiger partial charge on any atom is -0.391 e. The largest absolute Gasteiger partial charge is 0.437 e. The Kier molecular flexibility index (Phi) is 3.88. The second-order valence-electron chi connectivity index (χ2n) is 4.44. The number of halogens is 4. The third kappa shape index (κ3) is 2.96. The summed E-state index contributed by atoms with van der Waals surface area (Å²) in [5.41, 5.74) is -5.59. The molecule has 1 aliphatic heterocycles. The molecule has 0 aromatic carbocycles. The van der Waals surface area contributed by atoms with E-state index in [1.165, 1.54) is 0 Å². The minimum absolute atomic E-state index is 0.0929. The van der Waals surface area contributed by atoms with Gasteiger partial charge in [-0.2, -0.15) is 23.1 Å². The molecule has 2 rings (SSSR count). The fraction of sp³-hybridized carbons (Fsp3) is 0.667. The van der Waals surface area contributed by atoms with Gasteiger partial charge in [0.1, 0.15) is 11.8 Å². The first-order valence-electron chi connectivity index (χ1n) is 5.65. The van der Waals surface area contributed by atoms with Crippen LogP contribution in [0.25, 0.3) is 0 Å². The fourth-order valence-corrected chi connectivity index (χ4v) is 3.04. The van der Waals surface area contributed by atoms with E-state index in [1.807, 2.05) is 0 Å². The predicted octanol–water partition coefficient (Wildman–Crippen LogP) is 2.67. The Morgan fingerprint density at radius 1 is 1.38 bits per heavy atom. The van der Waals surface area contributed by atoms with Crippen LogP contribution < -0.4 is 0 Å². The lowest BCUT2D eigenvalue weighted by Gasteiger charge is -2.33. The number of aromatic nitrogens is 3. The van der Waals surface area contributed by atoms with Crippen molar-refractivity contribution in [2.45, 2.75) is 31.1 Å². The second kappa shape index (κ2) is 5.10. The molecule has 0 fully saturated rings. The average molecular weight is 332 g/mol. The number of aryl methyl sites for hydroxylation is 1. The number of alkyl halides is 4. The molecule has 2 unspecified atom stereocenters. The van der Waals surface area contributed by atoms with Crippen molar-refractivity contribution in [1.82, 2.24) is 15.0 Å². The summed E-state index contributed by atoms with van der Waals surface area (Å²) in [5.74, 6) is 0. The van der Waals surface area contributed by atoms with E-state index in [0.717, 1.165) is 7.05 Å². The Labute approximate surface area is 117 Å². The van der Waals surface area contributed by atoms with Crippen molar-refractivity contribution in [2.24, 2.45) is 12.2 Å². The molecule has 0 spiro atoms. The zero-order chi connectivity index (χ0) is 16.0. The molecule has 7 nitrogen and oxygen atoms in total. The van der Waals surface area contributed by atoms with E-state index in [0.29, 0.717) is 4.80 Å². The third-order valence-corrected chi connectivity index (χ3v) is 4.39. The van der Waals surface area contributed by atoms with Crippen LogP contribution >= 0.6 is 10.6 Å². The molecular weight excluding hydrogens is 320 g/mol. The molecule has 2 N–H and O–H groups in total. The molecule has 12 heteroatoms. The maximum absolute atomic E-state index is 14.3. The highest BCUT2D eigenvalue weighted by atomic mass is 32.3. The normalized spacial score (nSPS) is 21.9. The molecular formula is C9H12F4N4O3S. The van der Waals surface area contributed by atoms with Crippen LogP contribution in [0.1, 0.15) is 30.2 Å². The van der Waals surface area contributed by atoms with Crippen molar-refractivity contribution in [2.75, 3.05) is 0 Å². The van der Waals surface area contributed by atoms with Gasteiger partial charge in [0, 0.05) is 13.5 Å². The molecule has 0 saturated carbocycles. The number of hydrogen-bond acceptors (Lipinski definition) is 6. The molecule has 1 aliphatic rings. The first-order chi connectivity index (χ1) is 9.53. The van der Waals surface area contributed by atoms with Crippen LogP contribution in [-0.4, -0.2) is 35.2 Å². The molecule has 0 saturated heterocycles. The lowest BCUT2D eigenvalue weighted by molar-refractivity contribution is -0.142. The third-order valence-electron chi connectivity index (χ3n) is 2.66. The van der Waals surface area contributed by atoms with Crippen LogP contribution in [0.5, 0.6) is 0 Å². The van der Waals surface area contributed by atoms with E-state index in [4.69, 9.17) is 4.84 Å². The van der Waals surface area contributed by atoms with E-state index in [-0.39, 0.29) is 6.42 Å². The van der Waals surface area contributed by atoms with Gasteiger partial charge in [-0.3, -0.25) is 9.11 Å². The van der Waals surface area contributed by atoms with Crippen LogP contribution in [0.4, 0.5) is 17.6 Å². The van der Waals surface area contributed by atoms with Crippen molar-refractivity contribution < 1.29 is 31.5 Å². The van der Waals surface area contributed by atoms with Gasteiger partial charge in [0.05, 0.1) is 0 Å². The smallest absolute Gasteiger partial charge is 0.391 e. The summed E-state index contributed by atoms with van der Waals surface area (Å²) in [4.78, 5) is 5.21. The van der Waals surface area contributed by atoms with E-state index in [1.54, 1.807) is 6.92 Å². The number of oxime groups is 1. The Hall–Kier alpha value is -1.40. The lowest BCUT2D eigenvalue weighted by Crippen LogP contribution is -2.19. The molecule has 1 aromatic rings. The summed E-state index contributed by atoms with van der Waals surface area (Å²) in [6, 6.07) is 0. The highest BCUT2D eigenvalue weighted by Crippen LogP contribution is 2.58. The van der Waals surface area contributed by atoms with E-state index < -0.39 is 44.8 Å². The van der Waals surface area contributed by atoms with E-state index in [9.17, 15) is 26.7 Å². The maximum atomic E-state index is 14.3. The molecule has 21 heavy (non-hydrogen) atoms. The zero-order valence-corrected chi connectivity index (χ0v) is 11.7. The zero-order valence-electron chi connectivity index (χ0n) is 10.9. The van der Waals surface area contributed by atoms with E-state index in [2.05, 4.69) is 15.4 Å². The van der Waals surface area contributed by atoms with Gasteiger partial charge in [-0.05, 0) is 6.92 Å². The Balaban J connectivity index is 2.38. The topological polar surface area (TPSA) is 92.8 Å². The van der Waals surface area contributed by atoms with Crippen LogP contribution in [0.3, 0.4) is 0 Å². The standard InChI is InChI=1S/C9H12F4N4O3S/c1-4-3-5(16-20-4)21(18,19)8(10)6-7(9(11,12)13)15-17(2)14-6/h4,8,18-19H,3H2,1-2H3. The number of nitrogens with zero attached hydrogens (tertiary/aromatic N) is 4. The summed E-state index contributed by atoms with van der Waals surface area (Å²) in [6.45, 7) is 1.54. The molecule has 0 aliphatic carbocycles. The Bertz CT molecular complexity index is 574. The first-order valence-corrected chi connectivity index (χ1v) is 7.26. The summed E-state index contributed by atoms with van der Waals surface area (Å²) in [7, 11) is -3.19. The van der Waals surface area contributed by atoms with Gasteiger partial charge in [0.15, 0.2) is 10.7 Å². The summed E-state index contributed by atoms with van der Waals surface area (Å²) in [6.07, 6.45) is -5.57. The number of rotatable bonds is 2. The average Bonchev–Trinajstić information content (AvgIpc) is 2.93. The highest BCUT2D eigenvalue weighted by Gasteiger charge is 2.46. The number of hydrogen-bond donors (Lipinski definition) is 2. The van der Waals surface area contributed by atoms with Gasteiger partial charge < -0.3 is 4.84 Å².